The van der Waals surface area contributed by atoms with Gasteiger partial charge in [0.2, 0.25) is 10.0 Å². The Kier molecular flexibility index (Phi) is 6.44. The molecule has 2 aromatic carbocycles. The number of hydrogen-bond acceptors (Lipinski definition) is 4. The molecule has 0 radical (unpaired) electrons. The smallest absolute Gasteiger partial charge is 0.215 e. The van der Waals surface area contributed by atoms with Gasteiger partial charge in [-0.2, -0.15) is 0 Å². The van der Waals surface area contributed by atoms with Crippen LogP contribution in [0.2, 0.25) is 0 Å². The van der Waals surface area contributed by atoms with Crippen LogP contribution in [0, 0.1) is 41.8 Å². The zero-order chi connectivity index (χ0) is 27.6. The fraction of sp³-hybridized carbons (Fsp3) is 0.531. The fourth-order valence-corrected chi connectivity index (χ4v) is 10.3. The van der Waals surface area contributed by atoms with Crippen molar-refractivity contribution in [2.24, 2.45) is 29.1 Å². The average molecular weight is 564 g/mol. The molecule has 4 aliphatic carbocycles. The molecule has 2 N–H and O–H groups in total. The maximum absolute atomic E-state index is 15.0. The minimum absolute atomic E-state index is 0.00565. The van der Waals surface area contributed by atoms with Crippen LogP contribution in [0.25, 0.3) is 11.3 Å². The molecule has 8 heteroatoms. The molecule has 5 aliphatic rings. The van der Waals surface area contributed by atoms with Gasteiger partial charge in [-0.1, -0.05) is 42.0 Å². The van der Waals surface area contributed by atoms with E-state index in [0.29, 0.717) is 42.2 Å². The molecular weight excluding hydrogens is 525 g/mol. The SMILES string of the molecule is Cc1ccc(CS(=O)(=O)NCCC2C3CC4CC2CC(C(O)CC2c5c(F)cccc5-c5cncn52)(C4)C3)cc1. The number of benzene rings is 2. The van der Waals surface area contributed by atoms with Gasteiger partial charge in [0.05, 0.1) is 36.1 Å². The van der Waals surface area contributed by atoms with Gasteiger partial charge in [-0.15, -0.1) is 0 Å². The molecule has 0 amide bonds. The van der Waals surface area contributed by atoms with Gasteiger partial charge in [-0.05, 0) is 92.6 Å². The van der Waals surface area contributed by atoms with Crippen LogP contribution in [0.3, 0.4) is 0 Å². The molecule has 1 aliphatic heterocycles. The van der Waals surface area contributed by atoms with Crippen molar-refractivity contribution in [1.82, 2.24) is 14.3 Å². The van der Waals surface area contributed by atoms with E-state index in [-0.39, 0.29) is 23.0 Å². The van der Waals surface area contributed by atoms with E-state index in [2.05, 4.69) is 9.71 Å². The first-order valence-corrected chi connectivity index (χ1v) is 16.4. The van der Waals surface area contributed by atoms with Crippen LogP contribution in [0.1, 0.15) is 67.7 Å². The maximum atomic E-state index is 15.0. The van der Waals surface area contributed by atoms with Gasteiger partial charge < -0.3 is 9.67 Å². The normalized spacial score (nSPS) is 30.8. The second-order valence-corrected chi connectivity index (χ2v) is 14.9. The predicted molar refractivity (Wildman–Crippen MR) is 152 cm³/mol. The number of aryl methyl sites for hydroxylation is 1. The topological polar surface area (TPSA) is 84.2 Å². The Balaban J connectivity index is 1.02. The lowest BCUT2D eigenvalue weighted by atomic mass is 9.44. The highest BCUT2D eigenvalue weighted by Crippen LogP contribution is 2.64. The molecule has 4 unspecified atom stereocenters. The van der Waals surface area contributed by atoms with Gasteiger partial charge in [-0.25, -0.2) is 22.5 Å². The first kappa shape index (κ1) is 26.4. The van der Waals surface area contributed by atoms with Crippen molar-refractivity contribution in [1.29, 1.82) is 0 Å². The lowest BCUT2D eigenvalue weighted by Gasteiger charge is -2.62. The minimum atomic E-state index is -3.39. The summed E-state index contributed by atoms with van der Waals surface area (Å²) in [5, 5.41) is 11.8. The number of nitrogens with one attached hydrogen (secondary N) is 1. The molecule has 40 heavy (non-hydrogen) atoms. The third kappa shape index (κ3) is 4.52. The average Bonchev–Trinajstić information content (AvgIpc) is 3.50. The van der Waals surface area contributed by atoms with Gasteiger partial charge in [0.15, 0.2) is 0 Å². The molecule has 3 aromatic rings. The van der Waals surface area contributed by atoms with E-state index in [4.69, 9.17) is 0 Å². The summed E-state index contributed by atoms with van der Waals surface area (Å²) in [4.78, 5) is 4.31. The predicted octanol–water partition coefficient (Wildman–Crippen LogP) is 5.60. The van der Waals surface area contributed by atoms with E-state index in [1.807, 2.05) is 41.8 Å². The molecule has 4 bridgehead atoms. The largest absolute Gasteiger partial charge is 0.392 e. The zero-order valence-electron chi connectivity index (χ0n) is 23.0. The molecule has 4 atom stereocenters. The highest BCUT2D eigenvalue weighted by molar-refractivity contribution is 7.88. The fourth-order valence-electron chi connectivity index (χ4n) is 9.10. The van der Waals surface area contributed by atoms with E-state index in [1.165, 1.54) is 18.9 Å². The van der Waals surface area contributed by atoms with Gasteiger partial charge >= 0.3 is 0 Å². The molecule has 2 heterocycles. The van der Waals surface area contributed by atoms with Crippen molar-refractivity contribution in [3.05, 3.63) is 77.5 Å². The van der Waals surface area contributed by atoms with Gasteiger partial charge in [0.25, 0.3) is 0 Å². The second-order valence-electron chi connectivity index (χ2n) is 13.1. The number of fused-ring (bicyclic) bond motifs is 3. The number of rotatable bonds is 9. The van der Waals surface area contributed by atoms with Gasteiger partial charge in [0.1, 0.15) is 5.82 Å². The molecule has 0 spiro atoms. The molecule has 4 fully saturated rings. The lowest BCUT2D eigenvalue weighted by molar-refractivity contribution is -0.151. The Morgan fingerprint density at radius 3 is 2.62 bits per heavy atom. The standard InChI is InChI=1S/C32H38FN3O3S/c1-20-5-7-21(8-6-20)18-40(38,39)35-10-9-25-23-11-22-12-24(25)16-32(14-22,15-23)30(37)13-28-31-26(3-2-4-27(31)33)29-17-34-19-36(28)29/h2-8,17,19,22-25,28,30,35,37H,9-16,18H2,1H3. The number of aromatic nitrogens is 2. The summed E-state index contributed by atoms with van der Waals surface area (Å²) in [7, 11) is -3.39. The van der Waals surface area contributed by atoms with Crippen LogP contribution in [-0.2, 0) is 15.8 Å². The van der Waals surface area contributed by atoms with E-state index >= 15 is 4.39 Å². The number of aliphatic hydroxyl groups excluding tert-OH is 1. The summed E-state index contributed by atoms with van der Waals surface area (Å²) in [5.74, 6) is 1.93. The summed E-state index contributed by atoms with van der Waals surface area (Å²) in [6, 6.07) is 12.6. The molecule has 212 valence electrons. The van der Waals surface area contributed by atoms with Gasteiger partial charge in [-0.3, -0.25) is 0 Å². The van der Waals surface area contributed by atoms with Crippen molar-refractivity contribution in [2.75, 3.05) is 6.54 Å². The summed E-state index contributed by atoms with van der Waals surface area (Å²) in [6.07, 6.45) is 9.75. The highest BCUT2D eigenvalue weighted by atomic mass is 32.2. The molecular formula is C32H38FN3O3S. The van der Waals surface area contributed by atoms with Gasteiger partial charge in [0, 0.05) is 17.7 Å². The first-order valence-electron chi connectivity index (χ1n) is 14.7. The van der Waals surface area contributed by atoms with E-state index in [0.717, 1.165) is 48.1 Å². The molecule has 4 saturated carbocycles. The number of halogens is 1. The number of aliphatic hydroxyl groups is 1. The number of sulfonamides is 1. The Hall–Kier alpha value is -2.55. The molecule has 0 saturated heterocycles. The van der Waals surface area contributed by atoms with E-state index in [9.17, 15) is 13.5 Å². The Bertz CT molecular complexity index is 1500. The summed E-state index contributed by atoms with van der Waals surface area (Å²) in [5.41, 5.74) is 4.26. The van der Waals surface area contributed by atoms with Crippen molar-refractivity contribution in [2.45, 2.75) is 69.8 Å². The van der Waals surface area contributed by atoms with Crippen molar-refractivity contribution in [3.63, 3.8) is 0 Å². The third-order valence-electron chi connectivity index (χ3n) is 10.6. The summed E-state index contributed by atoms with van der Waals surface area (Å²) in [6.45, 7) is 2.46. The van der Waals surface area contributed by atoms with Crippen molar-refractivity contribution >= 4 is 10.0 Å². The third-order valence-corrected chi connectivity index (χ3v) is 12.0. The Morgan fingerprint density at radius 1 is 1.12 bits per heavy atom. The molecule has 1 aromatic heterocycles. The van der Waals surface area contributed by atoms with Crippen LogP contribution < -0.4 is 4.72 Å². The Morgan fingerprint density at radius 2 is 1.88 bits per heavy atom. The monoisotopic (exact) mass is 563 g/mol. The minimum Gasteiger partial charge on any atom is -0.392 e. The van der Waals surface area contributed by atoms with Crippen LogP contribution in [0.4, 0.5) is 4.39 Å². The first-order chi connectivity index (χ1) is 19.2. The number of imidazole rings is 1. The van der Waals surface area contributed by atoms with Crippen molar-refractivity contribution in [3.8, 4) is 11.3 Å². The molecule has 8 rings (SSSR count). The maximum Gasteiger partial charge on any atom is 0.215 e. The quantitative estimate of drug-likeness (QED) is 0.355. The number of hydrogen-bond donors (Lipinski definition) is 2. The van der Waals surface area contributed by atoms with Crippen LogP contribution in [0.15, 0.2) is 55.0 Å². The summed E-state index contributed by atoms with van der Waals surface area (Å²) >= 11 is 0. The lowest BCUT2D eigenvalue weighted by Crippen LogP contribution is -2.56. The van der Waals surface area contributed by atoms with Crippen LogP contribution >= 0.6 is 0 Å². The highest BCUT2D eigenvalue weighted by Gasteiger charge is 2.57. The van der Waals surface area contributed by atoms with Crippen molar-refractivity contribution < 1.29 is 17.9 Å². The zero-order valence-corrected chi connectivity index (χ0v) is 23.8. The second kappa shape index (κ2) is 9.78. The Labute approximate surface area is 236 Å². The molecule has 6 nitrogen and oxygen atoms in total. The van der Waals surface area contributed by atoms with E-state index < -0.39 is 16.1 Å². The van der Waals surface area contributed by atoms with Crippen LogP contribution in [0.5, 0.6) is 0 Å². The number of nitrogens with zero attached hydrogens (tertiary/aromatic N) is 2. The summed E-state index contributed by atoms with van der Waals surface area (Å²) < 4.78 is 45.4. The van der Waals surface area contributed by atoms with E-state index in [1.54, 1.807) is 18.6 Å². The van der Waals surface area contributed by atoms with Crippen LogP contribution in [-0.4, -0.2) is 35.7 Å².